The average Bonchev–Trinajstić information content (AvgIpc) is 3.40. The van der Waals surface area contributed by atoms with Crippen LogP contribution in [0.25, 0.3) is 0 Å². The Labute approximate surface area is 245 Å². The van der Waals surface area contributed by atoms with Crippen molar-refractivity contribution in [2.45, 2.75) is 27.7 Å². The number of hydrogen-bond acceptors (Lipinski definition) is 3. The van der Waals surface area contributed by atoms with Crippen molar-refractivity contribution in [1.29, 1.82) is 0 Å². The van der Waals surface area contributed by atoms with Gasteiger partial charge >= 0.3 is 6.18 Å². The second-order valence-corrected chi connectivity index (χ2v) is 12.4. The molecule has 1 N–H and O–H groups in total. The van der Waals surface area contributed by atoms with Gasteiger partial charge in [0, 0.05) is 38.5 Å². The number of carbonyl (C=O) groups excluding carboxylic acids is 2. The minimum absolute atomic E-state index is 0.0337. The molecule has 0 saturated heterocycles. The van der Waals surface area contributed by atoms with Crippen LogP contribution in [0.2, 0.25) is 15.1 Å². The maximum absolute atomic E-state index is 13.0. The molecular formula is C26H17Cl5F3NO2S. The predicted octanol–water partition coefficient (Wildman–Crippen LogP) is 9.25. The van der Waals surface area contributed by atoms with Crippen LogP contribution < -0.4 is 5.32 Å². The van der Waals surface area contributed by atoms with E-state index in [2.05, 4.69) is 5.32 Å². The summed E-state index contributed by atoms with van der Waals surface area (Å²) in [4.78, 5) is 26.4. The van der Waals surface area contributed by atoms with Gasteiger partial charge in [-0.25, -0.2) is 0 Å². The lowest BCUT2D eigenvalue weighted by Crippen LogP contribution is -2.17. The number of hydrogen-bond donors (Lipinski definition) is 1. The summed E-state index contributed by atoms with van der Waals surface area (Å²) in [7, 11) is 0. The van der Waals surface area contributed by atoms with Crippen molar-refractivity contribution in [3.63, 3.8) is 0 Å². The molecule has 0 heterocycles. The van der Waals surface area contributed by atoms with E-state index in [9.17, 15) is 22.8 Å². The molecule has 2 atom stereocenters. The molecule has 3 nitrogen and oxygen atoms in total. The Morgan fingerprint density at radius 3 is 2.16 bits per heavy atom. The van der Waals surface area contributed by atoms with Crippen LogP contribution in [0.1, 0.15) is 27.4 Å². The van der Waals surface area contributed by atoms with Crippen molar-refractivity contribution in [3.05, 3.63) is 92.4 Å². The van der Waals surface area contributed by atoms with E-state index in [1.165, 1.54) is 24.3 Å². The quantitative estimate of drug-likeness (QED) is 0.152. The number of amides is 1. The van der Waals surface area contributed by atoms with Crippen LogP contribution in [-0.4, -0.2) is 28.0 Å². The number of thioether (sulfide) groups is 1. The van der Waals surface area contributed by atoms with Gasteiger partial charge < -0.3 is 5.32 Å². The first-order valence-corrected chi connectivity index (χ1v) is 13.9. The molecular weight excluding hydrogens is 625 g/mol. The summed E-state index contributed by atoms with van der Waals surface area (Å²) in [5.41, 5.74) is 1.73. The van der Waals surface area contributed by atoms with Gasteiger partial charge in [0.15, 0.2) is 5.78 Å². The molecule has 4 rings (SSSR count). The minimum Gasteiger partial charge on any atom is -0.326 e. The molecule has 1 aliphatic carbocycles. The summed E-state index contributed by atoms with van der Waals surface area (Å²) < 4.78 is 35.9. The second-order valence-electron chi connectivity index (χ2n) is 8.66. The molecule has 1 aliphatic rings. The molecule has 200 valence electrons. The number of alkyl halides is 5. The van der Waals surface area contributed by atoms with Gasteiger partial charge in [0.05, 0.1) is 16.7 Å². The van der Waals surface area contributed by atoms with Crippen LogP contribution in [0.4, 0.5) is 18.9 Å². The van der Waals surface area contributed by atoms with Gasteiger partial charge in [0.2, 0.25) is 5.91 Å². The summed E-state index contributed by atoms with van der Waals surface area (Å²) in [5.74, 6) is -3.10. The molecule has 38 heavy (non-hydrogen) atoms. The van der Waals surface area contributed by atoms with Crippen LogP contribution >= 0.6 is 69.8 Å². The number of anilines is 1. The van der Waals surface area contributed by atoms with Crippen LogP contribution in [0.3, 0.4) is 0 Å². The maximum atomic E-state index is 13.0. The molecule has 2 unspecified atom stereocenters. The third kappa shape index (κ3) is 7.12. The van der Waals surface area contributed by atoms with Crippen molar-refractivity contribution in [2.75, 3.05) is 11.1 Å². The molecule has 1 fully saturated rings. The van der Waals surface area contributed by atoms with Crippen molar-refractivity contribution < 1.29 is 22.8 Å². The summed E-state index contributed by atoms with van der Waals surface area (Å²) in [6.07, 6.45) is -4.30. The highest BCUT2D eigenvalue weighted by molar-refractivity contribution is 7.99. The van der Waals surface area contributed by atoms with Gasteiger partial charge in [-0.3, -0.25) is 9.59 Å². The van der Waals surface area contributed by atoms with Gasteiger partial charge in [-0.05, 0) is 59.7 Å². The Bertz CT molecular complexity index is 1360. The molecule has 12 heteroatoms. The van der Waals surface area contributed by atoms with E-state index in [0.29, 0.717) is 43.5 Å². The van der Waals surface area contributed by atoms with Crippen LogP contribution in [0.5, 0.6) is 0 Å². The van der Waals surface area contributed by atoms with Gasteiger partial charge in [-0.2, -0.15) is 13.2 Å². The van der Waals surface area contributed by atoms with Gasteiger partial charge in [0.25, 0.3) is 0 Å². The molecule has 1 saturated carbocycles. The van der Waals surface area contributed by atoms with Crippen molar-refractivity contribution in [2.24, 2.45) is 5.92 Å². The number of nitrogens with one attached hydrogen (secondary N) is 1. The Morgan fingerprint density at radius 2 is 1.55 bits per heavy atom. The van der Waals surface area contributed by atoms with Crippen molar-refractivity contribution >= 4 is 87.1 Å². The first kappa shape index (κ1) is 29.4. The standard InChI is InChI=1S/C26H17Cl5F3NO2S/c27-15-8-14(9-16(28)10-15)22-23(26(22,30)31)24(37)35-17-3-6-20(29)19(11-17)21(36)7-13-1-4-18(5-2-13)38-12-25(32,33)34/h1-6,8-11,22-23H,7,12H2,(H,35,37). The fourth-order valence-corrected chi connectivity index (χ4v) is 6.26. The van der Waals surface area contributed by atoms with E-state index >= 15 is 0 Å². The number of rotatable bonds is 8. The molecule has 1 amide bonds. The molecule has 3 aromatic rings. The first-order chi connectivity index (χ1) is 17.7. The maximum Gasteiger partial charge on any atom is 0.398 e. The lowest BCUT2D eigenvalue weighted by Gasteiger charge is -2.10. The van der Waals surface area contributed by atoms with Crippen LogP contribution in [0.15, 0.2) is 65.6 Å². The fourth-order valence-electron chi connectivity index (χ4n) is 4.01. The Morgan fingerprint density at radius 1 is 0.921 bits per heavy atom. The lowest BCUT2D eigenvalue weighted by atomic mass is 10.0. The summed E-state index contributed by atoms with van der Waals surface area (Å²) in [6.45, 7) is 0. The fraction of sp³-hybridized carbons (Fsp3) is 0.231. The van der Waals surface area contributed by atoms with E-state index < -0.39 is 34.0 Å². The van der Waals surface area contributed by atoms with Crippen LogP contribution in [0, 0.1) is 5.92 Å². The largest absolute Gasteiger partial charge is 0.398 e. The normalized spacial score (nSPS) is 18.2. The van der Waals surface area contributed by atoms with E-state index in [1.54, 1.807) is 36.4 Å². The number of Topliss-reactive ketones (excluding diaryl/α,β-unsaturated/α-hetero) is 1. The lowest BCUT2D eigenvalue weighted by molar-refractivity contribution is -0.117. The molecule has 0 aromatic heterocycles. The summed E-state index contributed by atoms with van der Waals surface area (Å²) in [5, 5.41) is 3.69. The Kier molecular flexibility index (Phi) is 8.87. The number of benzene rings is 3. The average molecular weight is 642 g/mol. The molecule has 0 aliphatic heterocycles. The van der Waals surface area contributed by atoms with Crippen LogP contribution in [-0.2, 0) is 11.2 Å². The highest BCUT2D eigenvalue weighted by atomic mass is 35.5. The van der Waals surface area contributed by atoms with E-state index in [4.69, 9.17) is 58.0 Å². The third-order valence-corrected chi connectivity index (χ3v) is 8.59. The zero-order valence-electron chi connectivity index (χ0n) is 19.1. The Hall–Kier alpha value is -1.61. The topological polar surface area (TPSA) is 46.2 Å². The highest BCUT2D eigenvalue weighted by Gasteiger charge is 2.67. The molecule has 0 spiro atoms. The zero-order chi connectivity index (χ0) is 27.8. The number of ketones is 1. The summed E-state index contributed by atoms with van der Waals surface area (Å²) in [6, 6.07) is 15.6. The van der Waals surface area contributed by atoms with Gasteiger partial charge in [-0.15, -0.1) is 35.0 Å². The zero-order valence-corrected chi connectivity index (χ0v) is 23.7. The van der Waals surface area contributed by atoms with Crippen molar-refractivity contribution in [3.8, 4) is 0 Å². The third-order valence-electron chi connectivity index (χ3n) is 5.80. The second kappa shape index (κ2) is 11.5. The smallest absolute Gasteiger partial charge is 0.326 e. The molecule has 0 bridgehead atoms. The molecule has 3 aromatic carbocycles. The van der Waals surface area contributed by atoms with Gasteiger partial charge in [-0.1, -0.05) is 46.9 Å². The minimum atomic E-state index is -4.27. The number of carbonyl (C=O) groups is 2. The van der Waals surface area contributed by atoms with E-state index in [-0.39, 0.29) is 22.8 Å². The molecule has 0 radical (unpaired) electrons. The summed E-state index contributed by atoms with van der Waals surface area (Å²) >= 11 is 31.9. The number of halogens is 8. The highest BCUT2D eigenvalue weighted by Crippen LogP contribution is 2.65. The van der Waals surface area contributed by atoms with E-state index in [1.807, 2.05) is 0 Å². The monoisotopic (exact) mass is 639 g/mol. The van der Waals surface area contributed by atoms with E-state index in [0.717, 1.165) is 0 Å². The van der Waals surface area contributed by atoms with Gasteiger partial charge in [0.1, 0.15) is 4.33 Å². The Balaban J connectivity index is 1.43. The first-order valence-electron chi connectivity index (χ1n) is 11.0. The predicted molar refractivity (Wildman–Crippen MR) is 148 cm³/mol. The SMILES string of the molecule is O=C(Cc1ccc(SCC(F)(F)F)cc1)c1cc(NC(=O)C2C(c3cc(Cl)cc(Cl)c3)C2(Cl)Cl)ccc1Cl. The van der Waals surface area contributed by atoms with Crippen molar-refractivity contribution in [1.82, 2.24) is 0 Å².